The molecule has 0 aliphatic carbocycles. The predicted molar refractivity (Wildman–Crippen MR) is 65.8 cm³/mol. The molecule has 3 heteroatoms. The zero-order valence-corrected chi connectivity index (χ0v) is 12.2. The molecule has 1 aromatic carbocycles. The van der Waals surface area contributed by atoms with Crippen molar-refractivity contribution in [2.24, 2.45) is 0 Å². The first-order valence-electron chi connectivity index (χ1n) is 2.04. The summed E-state index contributed by atoms with van der Waals surface area (Å²) in [6, 6.07) is 10.0. The molecule has 0 spiro atoms. The first-order valence-corrected chi connectivity index (χ1v) is 6.34. The molecule has 0 saturated carbocycles. The maximum Gasteiger partial charge on any atom is -0.172 e. The van der Waals surface area contributed by atoms with Gasteiger partial charge < -0.3 is 37.1 Å². The predicted octanol–water partition coefficient (Wildman–Crippen LogP) is 5.03. The van der Waals surface area contributed by atoms with E-state index in [-0.39, 0.29) is 37.1 Å². The van der Waals surface area contributed by atoms with Crippen LogP contribution in [0.5, 0.6) is 0 Å². The summed E-state index contributed by atoms with van der Waals surface area (Å²) < 4.78 is 0. The zero-order chi connectivity index (χ0) is 6.24. The molecular weight excluding hydrogens is 239 g/mol. The second kappa shape index (κ2) is 38.8. The molecule has 84 valence electrons. The minimum Gasteiger partial charge on any atom is -0.214 e. The van der Waals surface area contributed by atoms with Crippen LogP contribution < -0.4 is 0 Å². The summed E-state index contributed by atoms with van der Waals surface area (Å²) in [6.45, 7) is 0. The van der Waals surface area contributed by atoms with E-state index in [4.69, 9.17) is 18.6 Å². The van der Waals surface area contributed by atoms with Crippen LogP contribution in [0.2, 0.25) is 0 Å². The van der Waals surface area contributed by atoms with Crippen LogP contribution in [0, 0.1) is 37.1 Å². The second-order valence-corrected chi connectivity index (χ2v) is 3.61. The minimum absolute atomic E-state index is 0. The summed E-state index contributed by atoms with van der Waals surface area (Å²) in [7, 11) is 9.78. The van der Waals surface area contributed by atoms with Crippen molar-refractivity contribution in [3.8, 4) is 0 Å². The Morgan fingerprint density at radius 2 is 1.00 bits per heavy atom. The minimum atomic E-state index is -0.556. The summed E-state index contributed by atoms with van der Waals surface area (Å²) in [5.41, 5.74) is 0. The summed E-state index contributed by atoms with van der Waals surface area (Å²) in [5, 5.41) is 0. The normalized spacial score (nSPS) is 4.15. The van der Waals surface area contributed by atoms with E-state index in [9.17, 15) is 0 Å². The van der Waals surface area contributed by atoms with Crippen LogP contribution in [0.3, 0.4) is 0 Å². The van der Waals surface area contributed by atoms with Gasteiger partial charge in [0, 0.05) is 0 Å². The first kappa shape index (κ1) is 37.3. The number of hydrogen-bond acceptors (Lipinski definition) is 0. The van der Waals surface area contributed by atoms with Crippen molar-refractivity contribution in [2.75, 3.05) is 0 Å². The molecule has 0 N–H and O–H groups in total. The molecule has 0 aliphatic heterocycles. The smallest absolute Gasteiger partial charge is 0.172 e. The summed E-state index contributed by atoms with van der Waals surface area (Å²) in [4.78, 5) is 0. The van der Waals surface area contributed by atoms with Crippen LogP contribution in [-0.2, 0) is 17.0 Å². The number of halogens is 2. The van der Waals surface area contributed by atoms with Gasteiger partial charge >= 0.3 is 35.6 Å². The number of hydrogen-bond donors (Lipinski definition) is 0. The molecule has 0 unspecified atom stereocenters. The van der Waals surface area contributed by atoms with Crippen LogP contribution in [0.4, 0.5) is 0 Å². The van der Waals surface area contributed by atoms with E-state index in [1.54, 1.807) is 0 Å². The second-order valence-electron chi connectivity index (χ2n) is 1.03. The Morgan fingerprint density at radius 3 is 1.08 bits per heavy atom. The maximum absolute atomic E-state index is 4.89. The molecular formula is C10H20Cl2Ti-6. The third kappa shape index (κ3) is 45.0. The largest absolute Gasteiger partial charge is 0.214 e. The maximum atomic E-state index is 4.89. The Morgan fingerprint density at radius 1 is 0.769 bits per heavy atom. The SMILES string of the molecule is [CH3-].[CH3-].[CH3-].[CH3-].[CH3-].[Cl][Ti][Cl].c1cc[cH-]c1. The van der Waals surface area contributed by atoms with E-state index in [1.165, 1.54) is 0 Å². The molecule has 0 fully saturated rings. The average molecular weight is 259 g/mol. The van der Waals surface area contributed by atoms with Crippen molar-refractivity contribution >= 4 is 18.6 Å². The molecule has 0 bridgehead atoms. The van der Waals surface area contributed by atoms with Crippen molar-refractivity contribution < 1.29 is 17.0 Å². The summed E-state index contributed by atoms with van der Waals surface area (Å²) >= 11 is -0.556. The van der Waals surface area contributed by atoms with E-state index in [0.29, 0.717) is 0 Å². The first-order chi connectivity index (χ1) is 3.91. The molecule has 1 rings (SSSR count). The molecule has 0 aromatic heterocycles. The van der Waals surface area contributed by atoms with Gasteiger partial charge in [-0.2, -0.15) is 18.2 Å². The quantitative estimate of drug-likeness (QED) is 0.452. The van der Waals surface area contributed by atoms with Gasteiger partial charge in [-0.25, -0.2) is 12.1 Å². The Labute approximate surface area is 103 Å². The Bertz CT molecular complexity index is 79.8. The number of rotatable bonds is 0. The molecule has 0 heterocycles. The van der Waals surface area contributed by atoms with Crippen molar-refractivity contribution in [3.05, 3.63) is 67.5 Å². The van der Waals surface area contributed by atoms with Crippen molar-refractivity contribution in [1.29, 1.82) is 0 Å². The van der Waals surface area contributed by atoms with Crippen molar-refractivity contribution in [1.82, 2.24) is 0 Å². The van der Waals surface area contributed by atoms with Gasteiger partial charge in [0.1, 0.15) is 0 Å². The van der Waals surface area contributed by atoms with Gasteiger partial charge in [-0.3, -0.25) is 0 Å². The monoisotopic (exact) mass is 258 g/mol. The van der Waals surface area contributed by atoms with Gasteiger partial charge in [-0.15, -0.1) is 0 Å². The third-order valence-corrected chi connectivity index (χ3v) is 0.556. The van der Waals surface area contributed by atoms with Gasteiger partial charge in [0.2, 0.25) is 0 Å². The Hall–Kier alpha value is 0.644. The molecule has 0 atom stereocenters. The molecule has 0 nitrogen and oxygen atoms in total. The molecule has 0 saturated heterocycles. The molecule has 0 amide bonds. The van der Waals surface area contributed by atoms with E-state index in [0.717, 1.165) is 0 Å². The summed E-state index contributed by atoms with van der Waals surface area (Å²) in [5.74, 6) is 0. The van der Waals surface area contributed by atoms with Crippen LogP contribution in [0.1, 0.15) is 0 Å². The van der Waals surface area contributed by atoms with Crippen LogP contribution >= 0.6 is 18.6 Å². The van der Waals surface area contributed by atoms with Crippen LogP contribution in [0.25, 0.3) is 0 Å². The van der Waals surface area contributed by atoms with E-state index >= 15 is 0 Å². The van der Waals surface area contributed by atoms with Crippen LogP contribution in [-0.4, -0.2) is 0 Å². The Balaban J connectivity index is -0.0000000144. The van der Waals surface area contributed by atoms with Gasteiger partial charge in [0.25, 0.3) is 0 Å². The fraction of sp³-hybridized carbons (Fsp3) is 0. The molecule has 0 radical (unpaired) electrons. The fourth-order valence-electron chi connectivity index (χ4n) is 0.321. The van der Waals surface area contributed by atoms with E-state index < -0.39 is 17.0 Å². The zero-order valence-electron chi connectivity index (χ0n) is 9.14. The fourth-order valence-corrected chi connectivity index (χ4v) is 0.321. The standard InChI is InChI=1S/C5H5.5CH3.2ClH.Ti/c1-2-4-5-3-1;;;;;;;;/h1-5H;5*1H3;2*1H;/q6*-1;;;+2/p-2. The van der Waals surface area contributed by atoms with Gasteiger partial charge in [-0.1, -0.05) is 0 Å². The average Bonchev–Trinajstić information content (AvgIpc) is 2.17. The van der Waals surface area contributed by atoms with E-state index in [2.05, 4.69) is 0 Å². The van der Waals surface area contributed by atoms with Gasteiger partial charge in [0.05, 0.1) is 0 Å². The van der Waals surface area contributed by atoms with Crippen LogP contribution in [0.15, 0.2) is 30.3 Å². The molecule has 13 heavy (non-hydrogen) atoms. The molecule has 1 aromatic rings. The van der Waals surface area contributed by atoms with Crippen molar-refractivity contribution in [2.45, 2.75) is 0 Å². The van der Waals surface area contributed by atoms with Gasteiger partial charge in [0.15, 0.2) is 0 Å². The van der Waals surface area contributed by atoms with E-state index in [1.807, 2.05) is 30.3 Å². The van der Waals surface area contributed by atoms with Crippen molar-refractivity contribution in [3.63, 3.8) is 0 Å². The topological polar surface area (TPSA) is 0 Å². The summed E-state index contributed by atoms with van der Waals surface area (Å²) in [6.07, 6.45) is 0. The Kier molecular flexibility index (Phi) is 112. The third-order valence-electron chi connectivity index (χ3n) is 0.556. The molecule has 0 aliphatic rings. The van der Waals surface area contributed by atoms with Gasteiger partial charge in [-0.05, 0) is 0 Å².